The quantitative estimate of drug-likeness (QED) is 0.102. The highest BCUT2D eigenvalue weighted by Gasteiger charge is 2.24. The third kappa shape index (κ3) is 10.3. The van der Waals surface area contributed by atoms with Crippen LogP contribution in [-0.2, 0) is 27.5 Å². The second-order valence-electron chi connectivity index (χ2n) is 9.03. The van der Waals surface area contributed by atoms with Gasteiger partial charge in [0.2, 0.25) is 12.1 Å². The lowest BCUT2D eigenvalue weighted by atomic mass is 10.2. The number of hydrogen-bond acceptors (Lipinski definition) is 11. The number of anilines is 2. The van der Waals surface area contributed by atoms with E-state index in [9.17, 15) is 19.5 Å². The summed E-state index contributed by atoms with van der Waals surface area (Å²) in [6.45, 7) is 0.736. The molecule has 2 aromatic carbocycles. The third-order valence-electron chi connectivity index (χ3n) is 5.65. The average molecular weight is 633 g/mol. The average Bonchev–Trinajstić information content (AvgIpc) is 3.66. The van der Waals surface area contributed by atoms with Crippen LogP contribution in [0.25, 0.3) is 0 Å². The maximum absolute atomic E-state index is 12.3. The van der Waals surface area contributed by atoms with Crippen molar-refractivity contribution >= 4 is 52.0 Å². The zero-order valence-corrected chi connectivity index (χ0v) is 24.1. The first kappa shape index (κ1) is 32.9. The Balaban J connectivity index is 0.000000436. The summed E-state index contributed by atoms with van der Waals surface area (Å²) in [5.74, 6) is -2.69. The number of carbonyl (C=O) groups excluding carboxylic acids is 2. The van der Waals surface area contributed by atoms with Crippen LogP contribution in [-0.4, -0.2) is 56.4 Å². The summed E-state index contributed by atoms with van der Waals surface area (Å²) in [5.41, 5.74) is 13.0. The van der Waals surface area contributed by atoms with Crippen molar-refractivity contribution in [1.29, 1.82) is 0 Å². The van der Waals surface area contributed by atoms with Crippen molar-refractivity contribution in [3.8, 4) is 11.5 Å². The standard InChI is InChI=1S/C24H24ClN4O3S.C4H6O6/c25-17-3-6-20(7-4-17)31-15-19(30)13-28-9-10-29(16-28)14-23(24-2-1-11-33-24)32-22-8-5-18(26)12-21(22)27;5-1(3(7)8)2(6)4(9)10/h1-12,16,23H,13-15,26-27H2;1-2,5-6H,(H,7,8)(H,9,10)/q+1;/p-1. The van der Waals surface area contributed by atoms with Crippen molar-refractivity contribution in [2.24, 2.45) is 0 Å². The maximum atomic E-state index is 12.3. The van der Waals surface area contributed by atoms with Crippen molar-refractivity contribution in [1.82, 2.24) is 4.57 Å². The molecule has 0 bridgehead atoms. The molecule has 0 aliphatic rings. The van der Waals surface area contributed by atoms with E-state index in [4.69, 9.17) is 47.9 Å². The molecule has 0 saturated heterocycles. The number of nitrogens with two attached hydrogens (primary N) is 2. The van der Waals surface area contributed by atoms with Crippen LogP contribution in [0.1, 0.15) is 11.0 Å². The van der Waals surface area contributed by atoms with E-state index in [-0.39, 0.29) is 25.0 Å². The summed E-state index contributed by atoms with van der Waals surface area (Å²) in [4.78, 5) is 32.8. The normalized spacial score (nSPS) is 12.7. The zero-order valence-electron chi connectivity index (χ0n) is 22.5. The number of thiophene rings is 1. The summed E-state index contributed by atoms with van der Waals surface area (Å²) in [6.07, 6.45) is 0.673. The number of carbonyl (C=O) groups is 3. The fraction of sp³-hybridized carbons (Fsp3) is 0.214. The minimum Gasteiger partial charge on any atom is -0.547 e. The van der Waals surface area contributed by atoms with Crippen LogP contribution in [0, 0.1) is 0 Å². The van der Waals surface area contributed by atoms with Gasteiger partial charge in [0.25, 0.3) is 0 Å². The lowest BCUT2D eigenvalue weighted by Gasteiger charge is -2.18. The van der Waals surface area contributed by atoms with Gasteiger partial charge in [-0.15, -0.1) is 11.3 Å². The van der Waals surface area contributed by atoms with E-state index in [0.29, 0.717) is 34.4 Å². The lowest BCUT2D eigenvalue weighted by Crippen LogP contribution is -2.46. The Morgan fingerprint density at radius 2 is 1.79 bits per heavy atom. The van der Waals surface area contributed by atoms with E-state index < -0.39 is 24.1 Å². The van der Waals surface area contributed by atoms with Crippen molar-refractivity contribution < 1.29 is 48.9 Å². The molecule has 228 valence electrons. The predicted molar refractivity (Wildman–Crippen MR) is 154 cm³/mol. The number of aliphatic hydroxyl groups excluding tert-OH is 2. The molecule has 43 heavy (non-hydrogen) atoms. The molecule has 4 rings (SSSR count). The molecule has 0 fully saturated rings. The highest BCUT2D eigenvalue weighted by Crippen LogP contribution is 2.31. The molecule has 0 spiro atoms. The molecule has 3 unspecified atom stereocenters. The molecule has 0 aliphatic heterocycles. The number of hydrogen-bond donors (Lipinski definition) is 5. The summed E-state index contributed by atoms with van der Waals surface area (Å²) in [6, 6.07) is 16.1. The topological polar surface area (TPSA) is 214 Å². The van der Waals surface area contributed by atoms with Crippen LogP contribution >= 0.6 is 22.9 Å². The van der Waals surface area contributed by atoms with Crippen LogP contribution in [0.15, 0.2) is 78.7 Å². The highest BCUT2D eigenvalue weighted by molar-refractivity contribution is 7.10. The number of carboxylic acids is 2. The number of aliphatic carboxylic acids is 2. The Kier molecular flexibility index (Phi) is 11.9. The van der Waals surface area contributed by atoms with Crippen LogP contribution in [0.5, 0.6) is 11.5 Å². The molecule has 7 N–H and O–H groups in total. The molecule has 3 atom stereocenters. The minimum atomic E-state index is -2.38. The molecule has 13 nitrogen and oxygen atoms in total. The van der Waals surface area contributed by atoms with E-state index >= 15 is 0 Å². The van der Waals surface area contributed by atoms with Crippen molar-refractivity contribution in [2.45, 2.75) is 31.4 Å². The first-order valence-corrected chi connectivity index (χ1v) is 13.8. The molecule has 4 aromatic rings. The van der Waals surface area contributed by atoms with Gasteiger partial charge in [-0.05, 0) is 53.9 Å². The van der Waals surface area contributed by atoms with Crippen LogP contribution in [0.4, 0.5) is 11.4 Å². The molecule has 0 saturated carbocycles. The van der Waals surface area contributed by atoms with Gasteiger partial charge in [0.1, 0.15) is 36.5 Å². The monoisotopic (exact) mass is 632 g/mol. The van der Waals surface area contributed by atoms with Crippen molar-refractivity contribution in [3.05, 3.63) is 88.6 Å². The van der Waals surface area contributed by atoms with E-state index in [0.717, 1.165) is 4.88 Å². The summed E-state index contributed by atoms with van der Waals surface area (Å²) in [5, 5.41) is 36.8. The number of halogens is 1. The number of Topliss-reactive ketones (excluding diaryl/α,β-unsaturated/α-hetero) is 1. The van der Waals surface area contributed by atoms with E-state index in [1.807, 2.05) is 45.4 Å². The fourth-order valence-corrected chi connectivity index (χ4v) is 4.40. The lowest BCUT2D eigenvalue weighted by molar-refractivity contribution is -0.683. The molecule has 0 aliphatic carbocycles. The Hall–Kier alpha value is -4.63. The Morgan fingerprint density at radius 1 is 1.07 bits per heavy atom. The number of aliphatic hydroxyl groups is 2. The van der Waals surface area contributed by atoms with Gasteiger partial charge in [-0.2, -0.15) is 0 Å². The highest BCUT2D eigenvalue weighted by atomic mass is 35.5. The third-order valence-corrected chi connectivity index (χ3v) is 6.87. The number of carboxylic acid groups (broad SMARTS) is 2. The van der Waals surface area contributed by atoms with E-state index in [1.165, 1.54) is 0 Å². The number of nitrogen functional groups attached to an aromatic ring is 2. The molecule has 0 amide bonds. The van der Waals surface area contributed by atoms with Gasteiger partial charge in [0.15, 0.2) is 25.4 Å². The van der Waals surface area contributed by atoms with Crippen molar-refractivity contribution in [3.63, 3.8) is 0 Å². The number of benzene rings is 2. The van der Waals surface area contributed by atoms with Crippen LogP contribution < -0.4 is 30.6 Å². The first-order chi connectivity index (χ1) is 20.4. The van der Waals surface area contributed by atoms with Gasteiger partial charge in [-0.25, -0.2) is 13.9 Å². The molecular weight excluding hydrogens is 604 g/mol. The largest absolute Gasteiger partial charge is 0.547 e. The van der Waals surface area contributed by atoms with Crippen LogP contribution in [0.2, 0.25) is 5.02 Å². The minimum absolute atomic E-state index is 0.0167. The molecule has 2 aromatic heterocycles. The fourth-order valence-electron chi connectivity index (χ4n) is 3.53. The first-order valence-electron chi connectivity index (χ1n) is 12.5. The molecular formula is C28H29ClN4O9S. The molecule has 0 radical (unpaired) electrons. The number of aromatic nitrogens is 2. The summed E-state index contributed by atoms with van der Waals surface area (Å²) < 4.78 is 15.6. The number of nitrogens with zero attached hydrogens (tertiary/aromatic N) is 2. The SMILES string of the molecule is Nc1ccc(OC(Cn2cc[n+](CC(=O)COc3ccc(Cl)cc3)c2)c2cccs2)c(N)c1.O=C([O-])C(O)C(O)C(=O)O. The Labute approximate surface area is 254 Å². The smallest absolute Gasteiger partial charge is 0.335 e. The molecule has 15 heteroatoms. The van der Waals surface area contributed by atoms with E-state index in [2.05, 4.69) is 0 Å². The predicted octanol–water partition coefficient (Wildman–Crippen LogP) is 0.666. The number of imidazole rings is 1. The Bertz CT molecular complexity index is 1490. The van der Waals surface area contributed by atoms with Gasteiger partial charge in [0, 0.05) is 15.6 Å². The number of ketones is 1. The van der Waals surface area contributed by atoms with Gasteiger partial charge >= 0.3 is 5.97 Å². The Morgan fingerprint density at radius 3 is 2.37 bits per heavy atom. The van der Waals surface area contributed by atoms with Gasteiger partial charge in [0.05, 0.1) is 11.7 Å². The molecule has 2 heterocycles. The van der Waals surface area contributed by atoms with E-state index in [1.54, 1.807) is 53.8 Å². The van der Waals surface area contributed by atoms with Gasteiger partial charge < -0.3 is 46.2 Å². The second kappa shape index (κ2) is 15.6. The number of rotatable bonds is 13. The summed E-state index contributed by atoms with van der Waals surface area (Å²) in [7, 11) is 0. The van der Waals surface area contributed by atoms with Gasteiger partial charge in [-0.3, -0.25) is 4.79 Å². The number of ether oxygens (including phenoxy) is 2. The maximum Gasteiger partial charge on any atom is 0.335 e. The second-order valence-corrected chi connectivity index (χ2v) is 10.4. The van der Waals surface area contributed by atoms with Gasteiger partial charge in [-0.1, -0.05) is 17.7 Å². The van der Waals surface area contributed by atoms with Crippen molar-refractivity contribution in [2.75, 3.05) is 18.1 Å². The van der Waals surface area contributed by atoms with Crippen LogP contribution in [0.3, 0.4) is 0 Å². The summed E-state index contributed by atoms with van der Waals surface area (Å²) >= 11 is 7.48. The zero-order chi connectivity index (χ0) is 31.5.